The molecule has 2 unspecified atom stereocenters. The molecule has 0 spiro atoms. The summed E-state index contributed by atoms with van der Waals surface area (Å²) in [5, 5.41) is 8.68. The molecule has 0 saturated heterocycles. The molecule has 56 valence electrons. The molecule has 0 aliphatic heterocycles. The van der Waals surface area contributed by atoms with Crippen molar-refractivity contribution in [3.63, 3.8) is 0 Å². The Morgan fingerprint density at radius 1 is 1.10 bits per heavy atom. The van der Waals surface area contributed by atoms with Crippen molar-refractivity contribution in [1.29, 1.82) is 5.26 Å². The Morgan fingerprint density at radius 2 is 1.60 bits per heavy atom. The predicted octanol–water partition coefficient (Wildman–Crippen LogP) is 2.58. The number of nitrogens with zero attached hydrogens (tertiary/aromatic N) is 1. The van der Waals surface area contributed by atoms with Gasteiger partial charge >= 0.3 is 0 Å². The van der Waals surface area contributed by atoms with Crippen molar-refractivity contribution in [3.05, 3.63) is 0 Å². The monoisotopic (exact) mass is 137 g/mol. The van der Waals surface area contributed by atoms with Crippen molar-refractivity contribution < 1.29 is 0 Å². The summed E-state index contributed by atoms with van der Waals surface area (Å²) in [6.07, 6.45) is 3.57. The molecule has 0 radical (unpaired) electrons. The summed E-state index contributed by atoms with van der Waals surface area (Å²) in [7, 11) is 0. The van der Waals surface area contributed by atoms with Crippen molar-refractivity contribution in [2.24, 2.45) is 17.8 Å². The first-order chi connectivity index (χ1) is 4.72. The van der Waals surface area contributed by atoms with Gasteiger partial charge in [-0.05, 0) is 31.1 Å². The van der Waals surface area contributed by atoms with E-state index in [1.807, 2.05) is 0 Å². The van der Waals surface area contributed by atoms with Crippen LogP contribution in [0, 0.1) is 29.1 Å². The summed E-state index contributed by atoms with van der Waals surface area (Å²) < 4.78 is 0. The second kappa shape index (κ2) is 3.05. The molecule has 10 heavy (non-hydrogen) atoms. The summed E-state index contributed by atoms with van der Waals surface area (Å²) in [6, 6.07) is 2.36. The largest absolute Gasteiger partial charge is 0.198 e. The Balaban J connectivity index is 2.44. The minimum absolute atomic E-state index is 0.346. The number of nitriles is 1. The fraction of sp³-hybridized carbons (Fsp3) is 0.889. The van der Waals surface area contributed by atoms with Crippen LogP contribution in [0.2, 0.25) is 0 Å². The van der Waals surface area contributed by atoms with Crippen molar-refractivity contribution in [3.8, 4) is 6.07 Å². The van der Waals surface area contributed by atoms with Crippen LogP contribution < -0.4 is 0 Å². The lowest BCUT2D eigenvalue weighted by Gasteiger charge is -2.26. The molecule has 0 N–H and O–H groups in total. The average Bonchev–Trinajstić information content (AvgIpc) is 1.85. The summed E-state index contributed by atoms with van der Waals surface area (Å²) in [5.74, 6) is 1.89. The third-order valence-corrected chi connectivity index (χ3v) is 2.36. The highest BCUT2D eigenvalue weighted by Crippen LogP contribution is 2.31. The van der Waals surface area contributed by atoms with Gasteiger partial charge in [0.15, 0.2) is 0 Å². The molecule has 0 aromatic rings. The van der Waals surface area contributed by atoms with Crippen LogP contribution in [-0.4, -0.2) is 0 Å². The van der Waals surface area contributed by atoms with E-state index >= 15 is 0 Å². The topological polar surface area (TPSA) is 23.8 Å². The van der Waals surface area contributed by atoms with Crippen LogP contribution in [0.3, 0.4) is 0 Å². The maximum absolute atomic E-state index is 8.68. The van der Waals surface area contributed by atoms with Crippen LogP contribution in [0.25, 0.3) is 0 Å². The predicted molar refractivity (Wildman–Crippen MR) is 41.3 cm³/mol. The molecule has 1 aliphatic rings. The molecule has 0 aromatic carbocycles. The van der Waals surface area contributed by atoms with Crippen LogP contribution in [0.5, 0.6) is 0 Å². The minimum atomic E-state index is 0.346. The normalized spacial score (nSPS) is 40.7. The van der Waals surface area contributed by atoms with Gasteiger partial charge in [0.05, 0.1) is 6.07 Å². The van der Waals surface area contributed by atoms with Crippen molar-refractivity contribution in [2.75, 3.05) is 0 Å². The highest BCUT2D eigenvalue weighted by molar-refractivity contribution is 4.88. The summed E-state index contributed by atoms with van der Waals surface area (Å²) in [4.78, 5) is 0. The molecular formula is C9H15N. The van der Waals surface area contributed by atoms with E-state index in [-0.39, 0.29) is 0 Å². The maximum Gasteiger partial charge on any atom is 0.0655 e. The van der Waals surface area contributed by atoms with Gasteiger partial charge in [0.25, 0.3) is 0 Å². The van der Waals surface area contributed by atoms with Crippen LogP contribution in [-0.2, 0) is 0 Å². The van der Waals surface area contributed by atoms with Gasteiger partial charge in [0, 0.05) is 5.92 Å². The first-order valence-corrected chi connectivity index (χ1v) is 4.12. The van der Waals surface area contributed by atoms with Crippen LogP contribution in [0.15, 0.2) is 0 Å². The molecule has 1 heteroatoms. The zero-order valence-electron chi connectivity index (χ0n) is 6.80. The van der Waals surface area contributed by atoms with Gasteiger partial charge in [-0.25, -0.2) is 0 Å². The Bertz CT molecular complexity index is 135. The lowest BCUT2D eigenvalue weighted by Crippen LogP contribution is -2.17. The van der Waals surface area contributed by atoms with Crippen LogP contribution in [0.4, 0.5) is 0 Å². The highest BCUT2D eigenvalue weighted by atomic mass is 14.3. The zero-order chi connectivity index (χ0) is 7.56. The van der Waals surface area contributed by atoms with E-state index in [4.69, 9.17) is 5.26 Å². The number of hydrogen-bond donors (Lipinski definition) is 0. The standard InChI is InChI=1S/C9H15N/c1-7-3-8(2)5-9(4-7)6-10/h7-9H,3-5H2,1-2H3. The SMILES string of the molecule is CC1CC(C)CC(C#N)C1. The maximum atomic E-state index is 8.68. The van der Waals surface area contributed by atoms with Gasteiger partial charge in [0.2, 0.25) is 0 Å². The van der Waals surface area contributed by atoms with E-state index in [9.17, 15) is 0 Å². The summed E-state index contributed by atoms with van der Waals surface area (Å²) >= 11 is 0. The molecule has 2 atom stereocenters. The molecule has 1 aliphatic carbocycles. The Kier molecular flexibility index (Phi) is 2.32. The highest BCUT2D eigenvalue weighted by Gasteiger charge is 2.22. The Morgan fingerprint density at radius 3 is 2.00 bits per heavy atom. The van der Waals surface area contributed by atoms with Crippen molar-refractivity contribution in [1.82, 2.24) is 0 Å². The third-order valence-electron chi connectivity index (χ3n) is 2.36. The van der Waals surface area contributed by atoms with Crippen LogP contribution in [0.1, 0.15) is 33.1 Å². The molecule has 1 saturated carbocycles. The third kappa shape index (κ3) is 1.73. The van der Waals surface area contributed by atoms with Gasteiger partial charge in [0.1, 0.15) is 0 Å². The number of hydrogen-bond acceptors (Lipinski definition) is 1. The molecule has 0 aromatic heterocycles. The van der Waals surface area contributed by atoms with E-state index in [0.29, 0.717) is 5.92 Å². The summed E-state index contributed by atoms with van der Waals surface area (Å²) in [6.45, 7) is 4.50. The molecule has 1 rings (SSSR count). The van der Waals surface area contributed by atoms with Crippen molar-refractivity contribution >= 4 is 0 Å². The Hall–Kier alpha value is -0.510. The number of rotatable bonds is 0. The zero-order valence-corrected chi connectivity index (χ0v) is 6.80. The summed E-state index contributed by atoms with van der Waals surface area (Å²) in [5.41, 5.74) is 0. The lowest BCUT2D eigenvalue weighted by molar-refractivity contribution is 0.257. The van der Waals surface area contributed by atoms with E-state index in [2.05, 4.69) is 19.9 Å². The Labute approximate surface area is 63.0 Å². The van der Waals surface area contributed by atoms with Crippen molar-refractivity contribution in [2.45, 2.75) is 33.1 Å². The average molecular weight is 137 g/mol. The second-order valence-electron chi connectivity index (χ2n) is 3.74. The van der Waals surface area contributed by atoms with Gasteiger partial charge in [-0.2, -0.15) is 5.26 Å². The molecule has 0 bridgehead atoms. The first kappa shape index (κ1) is 7.60. The second-order valence-corrected chi connectivity index (χ2v) is 3.74. The van der Waals surface area contributed by atoms with E-state index < -0.39 is 0 Å². The fourth-order valence-electron chi connectivity index (χ4n) is 2.05. The minimum Gasteiger partial charge on any atom is -0.198 e. The quantitative estimate of drug-likeness (QED) is 0.503. The smallest absolute Gasteiger partial charge is 0.0655 e. The van der Waals surface area contributed by atoms with E-state index in [1.54, 1.807) is 0 Å². The van der Waals surface area contributed by atoms with Crippen LogP contribution >= 0.6 is 0 Å². The first-order valence-electron chi connectivity index (χ1n) is 4.12. The molecule has 1 fully saturated rings. The fourth-order valence-corrected chi connectivity index (χ4v) is 2.05. The molecule has 0 heterocycles. The van der Waals surface area contributed by atoms with E-state index in [1.165, 1.54) is 6.42 Å². The van der Waals surface area contributed by atoms with Gasteiger partial charge in [-0.3, -0.25) is 0 Å². The molecule has 1 nitrogen and oxygen atoms in total. The lowest BCUT2D eigenvalue weighted by atomic mass is 9.77. The van der Waals surface area contributed by atoms with Gasteiger partial charge in [-0.1, -0.05) is 13.8 Å². The molecule has 0 amide bonds. The van der Waals surface area contributed by atoms with Gasteiger partial charge < -0.3 is 0 Å². The van der Waals surface area contributed by atoms with Gasteiger partial charge in [-0.15, -0.1) is 0 Å². The molecular weight excluding hydrogens is 122 g/mol. The van der Waals surface area contributed by atoms with E-state index in [0.717, 1.165) is 24.7 Å².